The summed E-state index contributed by atoms with van der Waals surface area (Å²) in [6, 6.07) is 7.60. The fourth-order valence-corrected chi connectivity index (χ4v) is 1.19. The van der Waals surface area contributed by atoms with Crippen LogP contribution in [0.5, 0.6) is 5.75 Å². The molecule has 8 nitrogen and oxygen atoms in total. The Balaban J connectivity index is 0.000000486. The second kappa shape index (κ2) is 8.57. The van der Waals surface area contributed by atoms with Gasteiger partial charge in [-0.1, -0.05) is 18.2 Å². The highest BCUT2D eigenvalue weighted by Crippen LogP contribution is 2.09. The highest BCUT2D eigenvalue weighted by Gasteiger charge is 2.09. The van der Waals surface area contributed by atoms with Crippen molar-refractivity contribution in [2.45, 2.75) is 0 Å². The molecule has 0 saturated carbocycles. The van der Waals surface area contributed by atoms with Crippen molar-refractivity contribution >= 4 is 16.6 Å². The van der Waals surface area contributed by atoms with Crippen LogP contribution in [0, 0.1) is 0 Å². The number of aliphatic hydroxyl groups is 1. The monoisotopic (exact) mass is 321 g/mol. The molecule has 0 amide bonds. The van der Waals surface area contributed by atoms with E-state index in [0.717, 1.165) is 11.0 Å². The van der Waals surface area contributed by atoms with Gasteiger partial charge < -0.3 is 23.1 Å². The van der Waals surface area contributed by atoms with Gasteiger partial charge in [0, 0.05) is 0 Å². The molecule has 0 fully saturated rings. The van der Waals surface area contributed by atoms with Crippen molar-refractivity contribution in [3.05, 3.63) is 30.3 Å². The summed E-state index contributed by atoms with van der Waals surface area (Å²) in [6.45, 7) is 1.11. The molecule has 1 N–H and O–H groups in total. The predicted molar refractivity (Wildman–Crippen MR) is 73.2 cm³/mol. The third-order valence-corrected chi connectivity index (χ3v) is 2.23. The van der Waals surface area contributed by atoms with E-state index in [1.165, 1.54) is 12.1 Å². The molecule has 0 radical (unpaired) electrons. The summed E-state index contributed by atoms with van der Waals surface area (Å²) in [4.78, 5) is 10.6. The summed E-state index contributed by atoms with van der Waals surface area (Å²) in [7, 11) is 1.09. The van der Waals surface area contributed by atoms with E-state index in [4.69, 9.17) is 5.11 Å². The zero-order valence-corrected chi connectivity index (χ0v) is 12.9. The van der Waals surface area contributed by atoms with Crippen LogP contribution < -0.4 is 4.74 Å². The molecule has 120 valence electrons. The lowest BCUT2D eigenvalue weighted by atomic mass is 10.3. The van der Waals surface area contributed by atoms with Crippen LogP contribution in [0.1, 0.15) is 0 Å². The second-order valence-electron chi connectivity index (χ2n) is 4.89. The Bertz CT molecular complexity index is 522. The minimum absolute atomic E-state index is 0.0844. The lowest BCUT2D eigenvalue weighted by molar-refractivity contribution is -0.870. The Kier molecular flexibility index (Phi) is 7.89. The number of carbonyl (C=O) groups is 1. The minimum Gasteiger partial charge on any atom is -0.716 e. The predicted octanol–water partition coefficient (Wildman–Crippen LogP) is 0.347. The molecule has 0 aliphatic heterocycles. The number of hydrogen-bond acceptors (Lipinski definition) is 7. The number of nitrogens with zero attached hydrogens (tertiary/aromatic N) is 1. The molecule has 21 heavy (non-hydrogen) atoms. The van der Waals surface area contributed by atoms with Gasteiger partial charge in [-0.15, -0.1) is 0 Å². The van der Waals surface area contributed by atoms with Gasteiger partial charge in [0.25, 0.3) is 10.4 Å². The van der Waals surface area contributed by atoms with Gasteiger partial charge in [-0.3, -0.25) is 0 Å². The summed E-state index contributed by atoms with van der Waals surface area (Å²) in [5, 5.41) is 8.39. The Morgan fingerprint density at radius 2 is 1.76 bits per heavy atom. The van der Waals surface area contributed by atoms with Gasteiger partial charge in [0.05, 0.1) is 27.7 Å². The van der Waals surface area contributed by atoms with Crippen LogP contribution in [0.15, 0.2) is 30.3 Å². The molecule has 0 aliphatic rings. The van der Waals surface area contributed by atoms with Crippen molar-refractivity contribution in [2.75, 3.05) is 34.3 Å². The van der Waals surface area contributed by atoms with Crippen LogP contribution in [0.4, 0.5) is 4.79 Å². The molecule has 0 aromatic heterocycles. The van der Waals surface area contributed by atoms with E-state index in [2.05, 4.69) is 30.1 Å². The normalized spacial score (nSPS) is 11.1. The number of aliphatic hydroxyl groups excluding tert-OH is 1. The first-order chi connectivity index (χ1) is 9.53. The van der Waals surface area contributed by atoms with E-state index < -0.39 is 16.6 Å². The molecule has 0 saturated heterocycles. The quantitative estimate of drug-likeness (QED) is 0.280. The third kappa shape index (κ3) is 13.1. The van der Waals surface area contributed by atoms with Gasteiger partial charge in [0.2, 0.25) is 0 Å². The van der Waals surface area contributed by atoms with Crippen molar-refractivity contribution in [2.24, 2.45) is 0 Å². The molecule has 0 spiro atoms. The van der Waals surface area contributed by atoms with E-state index in [-0.39, 0.29) is 12.4 Å². The highest BCUT2D eigenvalue weighted by atomic mass is 32.3. The minimum atomic E-state index is -5.07. The van der Waals surface area contributed by atoms with Gasteiger partial charge in [-0.2, -0.15) is 0 Å². The van der Waals surface area contributed by atoms with Crippen LogP contribution in [0.25, 0.3) is 0 Å². The van der Waals surface area contributed by atoms with Crippen molar-refractivity contribution in [1.29, 1.82) is 0 Å². The van der Waals surface area contributed by atoms with Crippen LogP contribution in [-0.2, 0) is 14.6 Å². The molecule has 1 rings (SSSR count). The molecule has 0 aliphatic carbocycles. The van der Waals surface area contributed by atoms with E-state index in [0.29, 0.717) is 0 Å². The SMILES string of the molecule is C[N+](C)(C)CCO.O=C(Oc1ccccc1)OS(=O)(=O)[O-]. The number of para-hydroxylation sites is 1. The maximum atomic E-state index is 10.6. The number of quaternary nitrogens is 1. The van der Waals surface area contributed by atoms with Gasteiger partial charge >= 0.3 is 6.16 Å². The smallest absolute Gasteiger partial charge is 0.529 e. The van der Waals surface area contributed by atoms with Crippen LogP contribution in [0.2, 0.25) is 0 Å². The fraction of sp³-hybridized carbons (Fsp3) is 0.417. The van der Waals surface area contributed by atoms with Gasteiger partial charge in [-0.25, -0.2) is 13.2 Å². The Hall–Kier alpha value is -1.68. The molecular weight excluding hydrogens is 302 g/mol. The summed E-state index contributed by atoms with van der Waals surface area (Å²) in [5.41, 5.74) is 0. The van der Waals surface area contributed by atoms with Crippen LogP contribution >= 0.6 is 0 Å². The fourth-order valence-electron chi connectivity index (χ4n) is 0.985. The van der Waals surface area contributed by atoms with Crippen LogP contribution in [-0.4, -0.2) is 63.0 Å². The van der Waals surface area contributed by atoms with Crippen molar-refractivity contribution in [3.8, 4) is 5.75 Å². The Morgan fingerprint density at radius 1 is 1.24 bits per heavy atom. The summed E-state index contributed by atoms with van der Waals surface area (Å²) in [6.07, 6.45) is -1.58. The van der Waals surface area contributed by atoms with E-state index in [9.17, 15) is 17.8 Å². The summed E-state index contributed by atoms with van der Waals surface area (Å²) in [5.74, 6) is 0.0844. The van der Waals surface area contributed by atoms with E-state index in [1.54, 1.807) is 18.2 Å². The second-order valence-corrected chi connectivity index (χ2v) is 5.88. The number of carbonyl (C=O) groups excluding carboxylic acids is 1. The van der Waals surface area contributed by atoms with Crippen molar-refractivity contribution in [1.82, 2.24) is 0 Å². The lowest BCUT2D eigenvalue weighted by Crippen LogP contribution is -2.36. The van der Waals surface area contributed by atoms with Crippen molar-refractivity contribution < 1.29 is 36.3 Å². The molecule has 1 aromatic rings. The van der Waals surface area contributed by atoms with Gasteiger partial charge in [0.15, 0.2) is 0 Å². The molecule has 9 heteroatoms. The Labute approximate surface area is 124 Å². The Morgan fingerprint density at radius 3 is 2.10 bits per heavy atom. The summed E-state index contributed by atoms with van der Waals surface area (Å²) >= 11 is 0. The molecular formula is C12H19NO7S. The number of rotatable bonds is 4. The van der Waals surface area contributed by atoms with Gasteiger partial charge in [0.1, 0.15) is 12.3 Å². The molecule has 1 aromatic carbocycles. The van der Waals surface area contributed by atoms with Crippen molar-refractivity contribution in [3.63, 3.8) is 0 Å². The topological polar surface area (TPSA) is 113 Å². The zero-order valence-electron chi connectivity index (χ0n) is 12.1. The average molecular weight is 321 g/mol. The molecule has 0 unspecified atom stereocenters. The molecule has 0 heterocycles. The first-order valence-electron chi connectivity index (χ1n) is 5.87. The first kappa shape index (κ1) is 19.3. The zero-order chi connectivity index (χ0) is 16.5. The molecule has 0 atom stereocenters. The largest absolute Gasteiger partial charge is 0.716 e. The first-order valence-corrected chi connectivity index (χ1v) is 7.20. The molecule has 0 bridgehead atoms. The third-order valence-electron chi connectivity index (χ3n) is 1.89. The lowest BCUT2D eigenvalue weighted by Gasteiger charge is -2.21. The maximum absolute atomic E-state index is 10.6. The standard InChI is InChI=1S/C7H6O6S.C5H14NO/c8-7(13-14(9,10)11)12-6-4-2-1-3-5-6;1-6(2,3)4-5-7/h1-5H,(H,9,10,11);7H,4-5H2,1-3H3/q;+1/p-1. The van der Waals surface area contributed by atoms with Crippen LogP contribution in [0.3, 0.4) is 0 Å². The average Bonchev–Trinajstić information content (AvgIpc) is 2.26. The van der Waals surface area contributed by atoms with E-state index >= 15 is 0 Å². The van der Waals surface area contributed by atoms with E-state index in [1.807, 2.05) is 0 Å². The summed E-state index contributed by atoms with van der Waals surface area (Å²) < 4.78 is 38.5. The number of benzene rings is 1. The number of ether oxygens (including phenoxy) is 1. The maximum Gasteiger partial charge on any atom is 0.529 e. The number of likely N-dealkylation sites (N-methyl/N-ethyl adjacent to an activating group) is 1. The number of hydrogen-bond donors (Lipinski definition) is 1. The van der Waals surface area contributed by atoms with Gasteiger partial charge in [-0.05, 0) is 12.1 Å². The highest BCUT2D eigenvalue weighted by molar-refractivity contribution is 7.81.